The van der Waals surface area contributed by atoms with Gasteiger partial charge in [-0.3, -0.25) is 9.89 Å². The van der Waals surface area contributed by atoms with Crippen LogP contribution in [0.4, 0.5) is 0 Å². The molecule has 102 valence electrons. The van der Waals surface area contributed by atoms with Gasteiger partial charge in [0.05, 0.1) is 23.4 Å². The number of amides is 1. The van der Waals surface area contributed by atoms with Crippen LogP contribution in [0.5, 0.6) is 0 Å². The topological polar surface area (TPSA) is 70.9 Å². The lowest BCUT2D eigenvalue weighted by Crippen LogP contribution is -2.22. The maximum Gasteiger partial charge on any atom is 0.272 e. The lowest BCUT2D eigenvalue weighted by atomic mass is 10.3. The predicted molar refractivity (Wildman–Crippen MR) is 76.5 cm³/mol. The molecule has 0 aliphatic rings. The molecule has 6 heteroatoms. The zero-order valence-electron chi connectivity index (χ0n) is 10.8. The fraction of sp³-hybridized carbons (Fsp3) is 0.143. The highest BCUT2D eigenvalue weighted by Crippen LogP contribution is 2.26. The van der Waals surface area contributed by atoms with Crippen LogP contribution in [0.3, 0.4) is 0 Å². The molecule has 20 heavy (non-hydrogen) atoms. The summed E-state index contributed by atoms with van der Waals surface area (Å²) < 4.78 is 5.16. The second kappa shape index (κ2) is 5.34. The van der Waals surface area contributed by atoms with Crippen molar-refractivity contribution < 1.29 is 9.21 Å². The standard InChI is InChI=1S/C14H13N3O2S/c1-9-4-5-13(20-9)11-7-12(17-16-11)14(18)15-8-10-3-2-6-19-10/h2-7H,8H2,1H3,(H,15,18)(H,16,17). The van der Waals surface area contributed by atoms with Gasteiger partial charge in [-0.2, -0.15) is 5.10 Å². The highest BCUT2D eigenvalue weighted by Gasteiger charge is 2.12. The second-order valence-electron chi connectivity index (χ2n) is 4.34. The van der Waals surface area contributed by atoms with Crippen molar-refractivity contribution >= 4 is 17.2 Å². The van der Waals surface area contributed by atoms with E-state index in [1.165, 1.54) is 4.88 Å². The van der Waals surface area contributed by atoms with E-state index in [1.807, 2.05) is 25.1 Å². The Morgan fingerprint density at radius 3 is 3.05 bits per heavy atom. The number of furan rings is 1. The van der Waals surface area contributed by atoms with E-state index in [0.29, 0.717) is 18.0 Å². The number of H-pyrrole nitrogens is 1. The van der Waals surface area contributed by atoms with E-state index >= 15 is 0 Å². The van der Waals surface area contributed by atoms with Crippen molar-refractivity contribution in [2.45, 2.75) is 13.5 Å². The van der Waals surface area contributed by atoms with Gasteiger partial charge in [0.2, 0.25) is 0 Å². The Labute approximate surface area is 119 Å². The first-order chi connectivity index (χ1) is 9.72. The lowest BCUT2D eigenvalue weighted by Gasteiger charge is -1.99. The molecule has 0 saturated heterocycles. The quantitative estimate of drug-likeness (QED) is 0.775. The molecular weight excluding hydrogens is 274 g/mol. The molecule has 0 aliphatic carbocycles. The van der Waals surface area contributed by atoms with Crippen molar-refractivity contribution in [2.24, 2.45) is 0 Å². The van der Waals surface area contributed by atoms with Gasteiger partial charge >= 0.3 is 0 Å². The average molecular weight is 287 g/mol. The molecular formula is C14H13N3O2S. The molecule has 0 radical (unpaired) electrons. The summed E-state index contributed by atoms with van der Waals surface area (Å²) in [7, 11) is 0. The first kappa shape index (κ1) is 12.7. The second-order valence-corrected chi connectivity index (χ2v) is 5.63. The van der Waals surface area contributed by atoms with Crippen LogP contribution in [0, 0.1) is 6.92 Å². The van der Waals surface area contributed by atoms with Gasteiger partial charge in [-0.05, 0) is 37.3 Å². The van der Waals surface area contributed by atoms with Gasteiger partial charge in [0.25, 0.3) is 5.91 Å². The van der Waals surface area contributed by atoms with Gasteiger partial charge < -0.3 is 9.73 Å². The fourth-order valence-corrected chi connectivity index (χ4v) is 2.65. The van der Waals surface area contributed by atoms with Crippen LogP contribution < -0.4 is 5.32 Å². The zero-order valence-corrected chi connectivity index (χ0v) is 11.7. The van der Waals surface area contributed by atoms with Crippen LogP contribution in [0.25, 0.3) is 10.6 Å². The SMILES string of the molecule is Cc1ccc(-c2cc(C(=O)NCc3ccco3)n[nH]2)s1. The molecule has 3 heterocycles. The normalized spacial score (nSPS) is 10.7. The van der Waals surface area contributed by atoms with E-state index < -0.39 is 0 Å². The van der Waals surface area contributed by atoms with Crippen LogP contribution in [0.15, 0.2) is 41.0 Å². The number of nitrogens with zero attached hydrogens (tertiary/aromatic N) is 1. The third-order valence-electron chi connectivity index (χ3n) is 2.82. The number of hydrogen-bond donors (Lipinski definition) is 2. The van der Waals surface area contributed by atoms with E-state index in [2.05, 4.69) is 15.5 Å². The fourth-order valence-electron chi connectivity index (χ4n) is 1.81. The smallest absolute Gasteiger partial charge is 0.272 e. The van der Waals surface area contributed by atoms with E-state index in [-0.39, 0.29) is 5.91 Å². The van der Waals surface area contributed by atoms with Crippen molar-refractivity contribution in [3.8, 4) is 10.6 Å². The van der Waals surface area contributed by atoms with Crippen molar-refractivity contribution in [3.63, 3.8) is 0 Å². The Morgan fingerprint density at radius 1 is 1.45 bits per heavy atom. The lowest BCUT2D eigenvalue weighted by molar-refractivity contribution is 0.0943. The summed E-state index contributed by atoms with van der Waals surface area (Å²) in [5.41, 5.74) is 1.23. The maximum atomic E-state index is 12.0. The van der Waals surface area contributed by atoms with Gasteiger partial charge in [0.1, 0.15) is 5.76 Å². The number of rotatable bonds is 4. The molecule has 1 amide bonds. The third kappa shape index (κ3) is 2.65. The number of carbonyl (C=O) groups excluding carboxylic acids is 1. The molecule has 3 rings (SSSR count). The summed E-state index contributed by atoms with van der Waals surface area (Å²) >= 11 is 1.66. The Morgan fingerprint density at radius 2 is 2.35 bits per heavy atom. The number of thiophene rings is 1. The molecule has 0 bridgehead atoms. The van der Waals surface area contributed by atoms with Crippen LogP contribution in [0.1, 0.15) is 21.1 Å². The minimum absolute atomic E-state index is 0.225. The Bertz CT molecular complexity index is 712. The Hall–Kier alpha value is -2.34. The maximum absolute atomic E-state index is 12.0. The molecule has 3 aromatic heterocycles. The van der Waals surface area contributed by atoms with Crippen LogP contribution >= 0.6 is 11.3 Å². The highest BCUT2D eigenvalue weighted by molar-refractivity contribution is 7.15. The first-order valence-electron chi connectivity index (χ1n) is 6.15. The van der Waals surface area contributed by atoms with E-state index in [4.69, 9.17) is 4.42 Å². The van der Waals surface area contributed by atoms with Crippen LogP contribution in [-0.2, 0) is 6.54 Å². The number of aryl methyl sites for hydroxylation is 1. The molecule has 0 aliphatic heterocycles. The highest BCUT2D eigenvalue weighted by atomic mass is 32.1. The molecule has 0 spiro atoms. The van der Waals surface area contributed by atoms with Crippen LogP contribution in [0.2, 0.25) is 0 Å². The van der Waals surface area contributed by atoms with Gasteiger partial charge in [-0.1, -0.05) is 0 Å². The van der Waals surface area contributed by atoms with Crippen molar-refractivity contribution in [3.05, 3.63) is 52.9 Å². The zero-order chi connectivity index (χ0) is 13.9. The van der Waals surface area contributed by atoms with E-state index in [9.17, 15) is 4.79 Å². The summed E-state index contributed by atoms with van der Waals surface area (Å²) in [4.78, 5) is 14.2. The predicted octanol–water partition coefficient (Wildman–Crippen LogP) is 2.97. The van der Waals surface area contributed by atoms with Crippen LogP contribution in [-0.4, -0.2) is 16.1 Å². The van der Waals surface area contributed by atoms with Gasteiger partial charge in [0, 0.05) is 4.88 Å². The molecule has 3 aromatic rings. The van der Waals surface area contributed by atoms with E-state index in [0.717, 1.165) is 10.6 Å². The molecule has 0 atom stereocenters. The number of aromatic amines is 1. The molecule has 0 unspecified atom stereocenters. The van der Waals surface area contributed by atoms with E-state index in [1.54, 1.807) is 29.7 Å². The van der Waals surface area contributed by atoms with Crippen molar-refractivity contribution in [2.75, 3.05) is 0 Å². The van der Waals surface area contributed by atoms with Gasteiger partial charge in [-0.25, -0.2) is 0 Å². The number of carbonyl (C=O) groups is 1. The molecule has 5 nitrogen and oxygen atoms in total. The largest absolute Gasteiger partial charge is 0.467 e. The molecule has 0 aromatic carbocycles. The number of hydrogen-bond acceptors (Lipinski definition) is 4. The third-order valence-corrected chi connectivity index (χ3v) is 3.85. The summed E-state index contributed by atoms with van der Waals surface area (Å²) in [5, 5.41) is 9.69. The average Bonchev–Trinajstić information content (AvgIpc) is 3.16. The van der Waals surface area contributed by atoms with Crippen molar-refractivity contribution in [1.82, 2.24) is 15.5 Å². The Balaban J connectivity index is 1.68. The Kier molecular flexibility index (Phi) is 3.39. The summed E-state index contributed by atoms with van der Waals surface area (Å²) in [6, 6.07) is 9.40. The van der Waals surface area contributed by atoms with Gasteiger partial charge in [-0.15, -0.1) is 11.3 Å². The first-order valence-corrected chi connectivity index (χ1v) is 6.97. The molecule has 0 fully saturated rings. The minimum Gasteiger partial charge on any atom is -0.467 e. The summed E-state index contributed by atoms with van der Waals surface area (Å²) in [6.45, 7) is 2.40. The number of aromatic nitrogens is 2. The number of nitrogens with one attached hydrogen (secondary N) is 2. The van der Waals surface area contributed by atoms with Gasteiger partial charge in [0.15, 0.2) is 5.69 Å². The minimum atomic E-state index is -0.225. The molecule has 0 saturated carbocycles. The molecule has 2 N–H and O–H groups in total. The summed E-state index contributed by atoms with van der Waals surface area (Å²) in [5.74, 6) is 0.486. The summed E-state index contributed by atoms with van der Waals surface area (Å²) in [6.07, 6.45) is 1.58. The van der Waals surface area contributed by atoms with Crippen molar-refractivity contribution in [1.29, 1.82) is 0 Å². The monoisotopic (exact) mass is 287 g/mol.